The normalized spacial score (nSPS) is 39.0. The number of nitrogens with one attached hydrogen (secondary N) is 1. The number of hydrogen-bond donors (Lipinski definition) is 1. The molecule has 1 unspecified atom stereocenters. The Morgan fingerprint density at radius 1 is 1.50 bits per heavy atom. The third kappa shape index (κ3) is 0.891. The third-order valence-electron chi connectivity index (χ3n) is 3.38. The van der Waals surface area contributed by atoms with Crippen molar-refractivity contribution >= 4 is 5.91 Å². The van der Waals surface area contributed by atoms with Crippen molar-refractivity contribution in [1.82, 2.24) is 5.32 Å². The predicted octanol–water partition coefficient (Wildman–Crippen LogP) is 0.692. The lowest BCUT2D eigenvalue weighted by Crippen LogP contribution is -2.47. The molecule has 0 saturated carbocycles. The van der Waals surface area contributed by atoms with Crippen LogP contribution in [0.5, 0.6) is 0 Å². The zero-order valence-corrected chi connectivity index (χ0v) is 7.64. The van der Waals surface area contributed by atoms with Crippen LogP contribution < -0.4 is 5.32 Å². The molecule has 2 aliphatic rings. The van der Waals surface area contributed by atoms with E-state index in [-0.39, 0.29) is 16.9 Å². The van der Waals surface area contributed by atoms with Crippen molar-refractivity contribution in [1.29, 1.82) is 0 Å². The lowest BCUT2D eigenvalue weighted by molar-refractivity contribution is -0.119. The molecule has 2 aliphatic heterocycles. The number of hydrogen-bond acceptors (Lipinski definition) is 2. The molecule has 1 spiro atoms. The Labute approximate surface area is 72.5 Å². The Morgan fingerprint density at radius 2 is 2.25 bits per heavy atom. The van der Waals surface area contributed by atoms with Gasteiger partial charge in [-0.2, -0.15) is 0 Å². The second kappa shape index (κ2) is 2.22. The van der Waals surface area contributed by atoms with Crippen molar-refractivity contribution in [2.24, 2.45) is 5.41 Å². The minimum atomic E-state index is -0.0828. The Hall–Kier alpha value is -0.570. The van der Waals surface area contributed by atoms with E-state index >= 15 is 0 Å². The van der Waals surface area contributed by atoms with E-state index in [4.69, 9.17) is 4.74 Å². The number of rotatable bonds is 0. The summed E-state index contributed by atoms with van der Waals surface area (Å²) in [5, 5.41) is 3.01. The first-order valence-corrected chi connectivity index (χ1v) is 4.45. The molecule has 2 heterocycles. The van der Waals surface area contributed by atoms with Crippen LogP contribution in [-0.2, 0) is 9.53 Å². The lowest BCUT2D eigenvalue weighted by Gasteiger charge is -2.35. The van der Waals surface area contributed by atoms with Gasteiger partial charge in [-0.1, -0.05) is 0 Å². The summed E-state index contributed by atoms with van der Waals surface area (Å²) in [5.41, 5.74) is -0.00926. The van der Waals surface area contributed by atoms with Gasteiger partial charge in [-0.15, -0.1) is 0 Å². The molecule has 1 amide bonds. The van der Waals surface area contributed by atoms with Gasteiger partial charge >= 0.3 is 0 Å². The van der Waals surface area contributed by atoms with Gasteiger partial charge in [-0.3, -0.25) is 4.79 Å². The van der Waals surface area contributed by atoms with Crippen LogP contribution in [0.1, 0.15) is 26.7 Å². The summed E-state index contributed by atoms with van der Waals surface area (Å²) >= 11 is 0. The van der Waals surface area contributed by atoms with Gasteiger partial charge in [-0.05, 0) is 20.3 Å². The van der Waals surface area contributed by atoms with E-state index in [0.29, 0.717) is 6.42 Å². The maximum Gasteiger partial charge on any atom is 0.221 e. The van der Waals surface area contributed by atoms with Crippen LogP contribution in [-0.4, -0.2) is 24.7 Å². The number of carbonyl (C=O) groups is 1. The number of carbonyl (C=O) groups excluding carboxylic acids is 1. The van der Waals surface area contributed by atoms with Crippen molar-refractivity contribution in [2.45, 2.75) is 32.2 Å². The fourth-order valence-electron chi connectivity index (χ4n) is 2.29. The largest absolute Gasteiger partial charge is 0.381 e. The van der Waals surface area contributed by atoms with E-state index in [1.165, 1.54) is 0 Å². The van der Waals surface area contributed by atoms with Crippen LogP contribution in [0.15, 0.2) is 0 Å². The van der Waals surface area contributed by atoms with E-state index in [2.05, 4.69) is 19.2 Å². The van der Waals surface area contributed by atoms with Gasteiger partial charge in [0.05, 0.1) is 6.61 Å². The molecule has 12 heavy (non-hydrogen) atoms. The van der Waals surface area contributed by atoms with Gasteiger partial charge in [0.25, 0.3) is 0 Å². The Balaban J connectivity index is 2.29. The molecule has 0 aromatic carbocycles. The van der Waals surface area contributed by atoms with Crippen molar-refractivity contribution in [3.8, 4) is 0 Å². The smallest absolute Gasteiger partial charge is 0.221 e. The summed E-state index contributed by atoms with van der Waals surface area (Å²) in [6.07, 6.45) is 1.65. The molecule has 2 rings (SSSR count). The van der Waals surface area contributed by atoms with Gasteiger partial charge in [0.1, 0.15) is 0 Å². The molecular formula is C9H15NO2. The van der Waals surface area contributed by atoms with Gasteiger partial charge < -0.3 is 10.1 Å². The third-order valence-corrected chi connectivity index (χ3v) is 3.38. The second-order valence-electron chi connectivity index (χ2n) is 4.43. The van der Waals surface area contributed by atoms with E-state index in [0.717, 1.165) is 19.6 Å². The fourth-order valence-corrected chi connectivity index (χ4v) is 2.29. The zero-order chi connectivity index (χ0) is 8.82. The predicted molar refractivity (Wildman–Crippen MR) is 44.7 cm³/mol. The molecular weight excluding hydrogens is 154 g/mol. The highest BCUT2D eigenvalue weighted by Gasteiger charge is 2.54. The van der Waals surface area contributed by atoms with Crippen LogP contribution in [0.3, 0.4) is 0 Å². The molecule has 1 atom stereocenters. The quantitative estimate of drug-likeness (QED) is 0.579. The first-order valence-electron chi connectivity index (χ1n) is 4.45. The topological polar surface area (TPSA) is 38.3 Å². The standard InChI is InChI=1S/C9H15NO2/c1-8(2)9(3-4-12-6-9)5-7(11)10-8/h3-6H2,1-2H3,(H,10,11). The van der Waals surface area contributed by atoms with Crippen LogP contribution in [0.25, 0.3) is 0 Å². The molecule has 3 heteroatoms. The van der Waals surface area contributed by atoms with Crippen molar-refractivity contribution in [2.75, 3.05) is 13.2 Å². The average molecular weight is 169 g/mol. The van der Waals surface area contributed by atoms with Crippen LogP contribution in [0.4, 0.5) is 0 Å². The highest BCUT2D eigenvalue weighted by atomic mass is 16.5. The SMILES string of the molecule is CC1(C)NC(=O)CC12CCOC2. The van der Waals surface area contributed by atoms with Crippen LogP contribution in [0, 0.1) is 5.41 Å². The zero-order valence-electron chi connectivity index (χ0n) is 7.64. The molecule has 0 bridgehead atoms. The highest BCUT2D eigenvalue weighted by molar-refractivity contribution is 5.81. The molecule has 68 valence electrons. The molecule has 0 radical (unpaired) electrons. The number of ether oxygens (including phenoxy) is 1. The molecule has 0 aliphatic carbocycles. The van der Waals surface area contributed by atoms with E-state index in [1.54, 1.807) is 0 Å². The van der Waals surface area contributed by atoms with Gasteiger partial charge in [0.2, 0.25) is 5.91 Å². The average Bonchev–Trinajstić information content (AvgIpc) is 2.42. The van der Waals surface area contributed by atoms with E-state index in [1.807, 2.05) is 0 Å². The summed E-state index contributed by atoms with van der Waals surface area (Å²) in [6, 6.07) is 0. The Bertz CT molecular complexity index is 217. The summed E-state index contributed by atoms with van der Waals surface area (Å²) in [4.78, 5) is 11.3. The Morgan fingerprint density at radius 3 is 2.67 bits per heavy atom. The second-order valence-corrected chi connectivity index (χ2v) is 4.43. The molecule has 3 nitrogen and oxygen atoms in total. The van der Waals surface area contributed by atoms with Gasteiger partial charge in [0.15, 0.2) is 0 Å². The molecule has 0 aromatic heterocycles. The van der Waals surface area contributed by atoms with Crippen molar-refractivity contribution in [3.63, 3.8) is 0 Å². The first kappa shape index (κ1) is 8.05. The summed E-state index contributed by atoms with van der Waals surface area (Å²) in [6.45, 7) is 5.72. The number of amides is 1. The maximum atomic E-state index is 11.3. The van der Waals surface area contributed by atoms with Crippen molar-refractivity contribution < 1.29 is 9.53 Å². The van der Waals surface area contributed by atoms with Crippen LogP contribution in [0.2, 0.25) is 0 Å². The molecule has 2 fully saturated rings. The molecule has 0 aromatic rings. The Kier molecular flexibility index (Phi) is 1.49. The fraction of sp³-hybridized carbons (Fsp3) is 0.889. The summed E-state index contributed by atoms with van der Waals surface area (Å²) in [5.74, 6) is 0.172. The summed E-state index contributed by atoms with van der Waals surface area (Å²) < 4.78 is 5.37. The van der Waals surface area contributed by atoms with E-state index in [9.17, 15) is 4.79 Å². The highest BCUT2D eigenvalue weighted by Crippen LogP contribution is 2.46. The van der Waals surface area contributed by atoms with Crippen molar-refractivity contribution in [3.05, 3.63) is 0 Å². The minimum absolute atomic E-state index is 0.0735. The van der Waals surface area contributed by atoms with Gasteiger partial charge in [-0.25, -0.2) is 0 Å². The van der Waals surface area contributed by atoms with Crippen LogP contribution >= 0.6 is 0 Å². The summed E-state index contributed by atoms with van der Waals surface area (Å²) in [7, 11) is 0. The lowest BCUT2D eigenvalue weighted by atomic mass is 9.72. The minimum Gasteiger partial charge on any atom is -0.381 e. The maximum absolute atomic E-state index is 11.3. The van der Waals surface area contributed by atoms with E-state index < -0.39 is 0 Å². The first-order chi connectivity index (χ1) is 5.56. The molecule has 1 N–H and O–H groups in total. The monoisotopic (exact) mass is 169 g/mol. The molecule has 2 saturated heterocycles. The van der Waals surface area contributed by atoms with Gasteiger partial charge in [0, 0.05) is 24.0 Å².